The number of aromatic nitrogens is 4. The van der Waals surface area contributed by atoms with Gasteiger partial charge in [0.25, 0.3) is 0 Å². The molecule has 7 aromatic rings. The molecule has 0 fully saturated rings. The monoisotopic (exact) mass is 871 g/mol. The number of anilines is 4. The van der Waals surface area contributed by atoms with E-state index in [-0.39, 0.29) is 22.4 Å². The molecule has 2 aliphatic heterocycles. The van der Waals surface area contributed by atoms with Crippen LogP contribution in [0, 0.1) is 0 Å². The Kier molecular flexibility index (Phi) is 8.56. The zero-order chi connectivity index (χ0) is 35.3. The predicted octanol–water partition coefficient (Wildman–Crippen LogP) is 9.65. The fraction of sp³-hybridized carbons (Fsp3) is 0. The minimum atomic E-state index is 0. The van der Waals surface area contributed by atoms with Crippen molar-refractivity contribution >= 4 is 69.1 Å². The van der Waals surface area contributed by atoms with Crippen LogP contribution in [-0.4, -0.2) is 19.9 Å². The van der Waals surface area contributed by atoms with Crippen LogP contribution in [0.25, 0.3) is 90.9 Å². The molecule has 9 rings (SSSR count). The third-order valence-electron chi connectivity index (χ3n) is 9.55. The summed E-state index contributed by atoms with van der Waals surface area (Å²) in [5, 5.41) is 0. The molecule has 0 aliphatic carbocycles. The van der Waals surface area contributed by atoms with E-state index >= 15 is 0 Å². The zero-order valence-electron chi connectivity index (χ0n) is 28.4. The minimum Gasteiger partial charge on any atom is -0.399 e. The maximum absolute atomic E-state index is 6.15. The number of hydrogen-bond acceptors (Lipinski definition) is 6. The molecule has 9 heteroatoms. The molecule has 261 valence electrons. The number of nitrogens with zero attached hydrogens (tertiary/aromatic N) is 2. The summed E-state index contributed by atoms with van der Waals surface area (Å²) >= 11 is 0. The largest absolute Gasteiger partial charge is 0.399 e. The normalized spacial score (nSPS) is 11.8. The molecule has 0 amide bonds. The summed E-state index contributed by atoms with van der Waals surface area (Å²) in [5.41, 5.74) is 41.9. The van der Waals surface area contributed by atoms with Gasteiger partial charge in [-0.1, -0.05) is 48.5 Å². The Bertz CT molecular complexity index is 2370. The van der Waals surface area contributed by atoms with Crippen molar-refractivity contribution in [1.82, 2.24) is 19.9 Å². The molecule has 0 saturated carbocycles. The van der Waals surface area contributed by atoms with Gasteiger partial charge in [-0.2, -0.15) is 0 Å². The van der Waals surface area contributed by atoms with Gasteiger partial charge in [0.05, 0.1) is 22.8 Å². The van der Waals surface area contributed by atoms with Crippen LogP contribution in [0.3, 0.4) is 0 Å². The van der Waals surface area contributed by atoms with Gasteiger partial charge in [-0.15, -0.1) is 0 Å². The average molecular weight is 872 g/mol. The Balaban J connectivity index is 0.00000400. The Morgan fingerprint density at radius 3 is 0.717 bits per heavy atom. The van der Waals surface area contributed by atoms with Gasteiger partial charge in [0.1, 0.15) is 0 Å². The van der Waals surface area contributed by atoms with E-state index in [1.54, 1.807) is 0 Å². The summed E-state index contributed by atoms with van der Waals surface area (Å²) < 4.78 is 0. The number of hydrogen-bond donors (Lipinski definition) is 6. The van der Waals surface area contributed by atoms with E-state index in [4.69, 9.17) is 32.9 Å². The molecule has 10 N–H and O–H groups in total. The molecular weight excluding hydrogens is 838 g/mol. The van der Waals surface area contributed by atoms with Crippen molar-refractivity contribution in [2.45, 2.75) is 0 Å². The Hall–Kier alpha value is -6.58. The van der Waals surface area contributed by atoms with Crippen molar-refractivity contribution in [2.75, 3.05) is 22.9 Å². The molecule has 0 spiro atoms. The van der Waals surface area contributed by atoms with Crippen LogP contribution in [0.1, 0.15) is 22.8 Å². The van der Waals surface area contributed by atoms with Gasteiger partial charge in [-0.05, 0) is 119 Å². The molecule has 0 saturated heterocycles. The molecule has 0 unspecified atom stereocenters. The summed E-state index contributed by atoms with van der Waals surface area (Å²) in [4.78, 5) is 18.2. The van der Waals surface area contributed by atoms with Crippen LogP contribution in [0.5, 0.6) is 0 Å². The number of H-pyrrole nitrogens is 2. The van der Waals surface area contributed by atoms with Crippen LogP contribution < -0.4 is 22.9 Å². The molecule has 53 heavy (non-hydrogen) atoms. The molecule has 5 heterocycles. The second-order valence-corrected chi connectivity index (χ2v) is 13.0. The van der Waals surface area contributed by atoms with Crippen molar-refractivity contribution in [3.8, 4) is 44.5 Å². The molecule has 4 aromatic carbocycles. The molecule has 1 radical (unpaired) electrons. The van der Waals surface area contributed by atoms with Crippen molar-refractivity contribution in [2.24, 2.45) is 0 Å². The van der Waals surface area contributed by atoms with Gasteiger partial charge in [-0.3, -0.25) is 0 Å². The smallest absolute Gasteiger partial charge is 0.0737 e. The zero-order valence-corrected chi connectivity index (χ0v) is 30.5. The summed E-state index contributed by atoms with van der Waals surface area (Å²) in [6.45, 7) is 0. The number of benzene rings is 4. The summed E-state index contributed by atoms with van der Waals surface area (Å²) in [7, 11) is 0. The second-order valence-electron chi connectivity index (χ2n) is 13.0. The van der Waals surface area contributed by atoms with Crippen LogP contribution in [-0.2, 0) is 22.4 Å². The minimum absolute atomic E-state index is 0. The number of nitrogens with two attached hydrogens (primary N) is 4. The van der Waals surface area contributed by atoms with E-state index in [2.05, 4.69) is 58.5 Å². The van der Waals surface area contributed by atoms with Crippen LogP contribution in [0.2, 0.25) is 0 Å². The third kappa shape index (κ3) is 6.21. The Labute approximate surface area is 321 Å². The fourth-order valence-corrected chi connectivity index (χ4v) is 7.02. The Morgan fingerprint density at radius 1 is 0.302 bits per heavy atom. The van der Waals surface area contributed by atoms with Gasteiger partial charge in [0.15, 0.2) is 0 Å². The first-order chi connectivity index (χ1) is 25.4. The molecule has 3 aromatic heterocycles. The maximum atomic E-state index is 6.15. The van der Waals surface area contributed by atoms with E-state index in [0.717, 1.165) is 89.4 Å². The first-order valence-electron chi connectivity index (χ1n) is 17.0. The summed E-state index contributed by atoms with van der Waals surface area (Å²) in [5.74, 6) is 0. The van der Waals surface area contributed by atoms with E-state index in [1.165, 1.54) is 0 Å². The van der Waals surface area contributed by atoms with Gasteiger partial charge in [-0.25, -0.2) is 9.97 Å². The van der Waals surface area contributed by atoms with E-state index < -0.39 is 0 Å². The number of rotatable bonds is 4. The first kappa shape index (κ1) is 33.6. The topological polar surface area (TPSA) is 161 Å². The standard InChI is InChI=1S/C44H34N8.Au/c45-29-9-1-25(2-10-29)41-33-17-19-35(49-33)42(26-3-11-30(46)12-4-26)37-21-23-39(51-37)44(28-7-15-32(48)16-8-28)40-24-22-38(52-40)43(36-20-18-34(41)50-36)27-5-13-31(47)14-6-27;/h1-24,49,52H,45-48H2;. The summed E-state index contributed by atoms with van der Waals surface area (Å²) in [6.07, 6.45) is 8.29. The van der Waals surface area contributed by atoms with Crippen molar-refractivity contribution in [3.05, 3.63) is 144 Å². The SMILES string of the molecule is Nc1ccc(-c2c3nc(c(-c4ccc(N)cc4)c4ccc([nH]4)c(-c4ccc(N)cc4)c4nc(c(-c5ccc(N)cc5)c5ccc2[nH]5)C=C4)C=C3)cc1.[Au]. The molecule has 2 aliphatic rings. The van der Waals surface area contributed by atoms with Crippen molar-refractivity contribution in [1.29, 1.82) is 0 Å². The van der Waals surface area contributed by atoms with E-state index in [0.29, 0.717) is 22.7 Å². The average Bonchev–Trinajstić information content (AvgIpc) is 3.99. The quantitative estimate of drug-likeness (QED) is 0.0763. The molecular formula is C44H34AuN8. The van der Waals surface area contributed by atoms with E-state index in [9.17, 15) is 0 Å². The maximum Gasteiger partial charge on any atom is 0.0737 e. The van der Waals surface area contributed by atoms with Crippen molar-refractivity contribution in [3.63, 3.8) is 0 Å². The number of nitrogens with one attached hydrogen (secondary N) is 2. The van der Waals surface area contributed by atoms with Crippen molar-refractivity contribution < 1.29 is 22.4 Å². The molecule has 8 nitrogen and oxygen atoms in total. The molecule has 0 atom stereocenters. The van der Waals surface area contributed by atoms with Crippen LogP contribution in [0.15, 0.2) is 121 Å². The number of nitrogen functional groups attached to an aromatic ring is 4. The van der Waals surface area contributed by atoms with Gasteiger partial charge < -0.3 is 32.9 Å². The van der Waals surface area contributed by atoms with Gasteiger partial charge in [0.2, 0.25) is 0 Å². The summed E-state index contributed by atoms with van der Waals surface area (Å²) in [6, 6.07) is 40.0. The predicted molar refractivity (Wildman–Crippen MR) is 218 cm³/mol. The number of fused-ring (bicyclic) bond motifs is 8. The molecule has 8 bridgehead atoms. The first-order valence-corrected chi connectivity index (χ1v) is 17.0. The van der Waals surface area contributed by atoms with Gasteiger partial charge >= 0.3 is 0 Å². The van der Waals surface area contributed by atoms with Crippen LogP contribution >= 0.6 is 0 Å². The Morgan fingerprint density at radius 2 is 0.509 bits per heavy atom. The van der Waals surface area contributed by atoms with Gasteiger partial charge in [0, 0.05) is 89.5 Å². The number of aromatic amines is 2. The fourth-order valence-electron chi connectivity index (χ4n) is 7.02. The third-order valence-corrected chi connectivity index (χ3v) is 9.55. The van der Waals surface area contributed by atoms with Crippen LogP contribution in [0.4, 0.5) is 22.7 Å². The second kappa shape index (κ2) is 13.5. The van der Waals surface area contributed by atoms with E-state index in [1.807, 2.05) is 97.1 Å².